The molecule has 0 saturated heterocycles. The molecule has 3 N–H and O–H groups in total. The fourth-order valence-corrected chi connectivity index (χ4v) is 2.50. The van der Waals surface area contributed by atoms with Crippen molar-refractivity contribution in [2.24, 2.45) is 4.99 Å². The van der Waals surface area contributed by atoms with E-state index in [1.54, 1.807) is 38.4 Å². The molecule has 0 aliphatic carbocycles. The van der Waals surface area contributed by atoms with Crippen LogP contribution in [0.4, 0.5) is 18.9 Å². The van der Waals surface area contributed by atoms with Crippen molar-refractivity contribution in [3.8, 4) is 0 Å². The Morgan fingerprint density at radius 2 is 1.62 bits per heavy atom. The molecule has 2 rings (SSSR count). The number of benzene rings is 2. The van der Waals surface area contributed by atoms with Crippen molar-refractivity contribution in [3.05, 3.63) is 65.0 Å². The molecule has 0 spiro atoms. The largest absolute Gasteiger partial charge is 0.357 e. The van der Waals surface area contributed by atoms with Gasteiger partial charge >= 0.3 is 0 Å². The van der Waals surface area contributed by atoms with E-state index < -0.39 is 29.0 Å². The molecule has 0 saturated carbocycles. The van der Waals surface area contributed by atoms with Crippen LogP contribution in [0.5, 0.6) is 0 Å². The molecule has 174 valence electrons. The van der Waals surface area contributed by atoms with E-state index in [4.69, 9.17) is 0 Å². The minimum absolute atomic E-state index is 0. The second-order valence-corrected chi connectivity index (χ2v) is 6.72. The van der Waals surface area contributed by atoms with Crippen molar-refractivity contribution in [2.45, 2.75) is 13.5 Å². The highest BCUT2D eigenvalue weighted by Gasteiger charge is 2.15. The van der Waals surface area contributed by atoms with Gasteiger partial charge in [-0.1, -0.05) is 12.1 Å². The highest BCUT2D eigenvalue weighted by Crippen LogP contribution is 2.19. The monoisotopic (exact) mass is 563 g/mol. The summed E-state index contributed by atoms with van der Waals surface area (Å²) in [4.78, 5) is 29.8. The van der Waals surface area contributed by atoms with Gasteiger partial charge in [0.2, 0.25) is 5.91 Å². The summed E-state index contributed by atoms with van der Waals surface area (Å²) >= 11 is 0. The Morgan fingerprint density at radius 1 is 0.969 bits per heavy atom. The third kappa shape index (κ3) is 7.70. The SMILES string of the molecule is CCNC(=NCc1ccc(C(=O)N(C)C)cc1)NCC(=O)Nc1ccc(F)c(F)c1F.I. The zero-order valence-corrected chi connectivity index (χ0v) is 20.2. The summed E-state index contributed by atoms with van der Waals surface area (Å²) in [5.41, 5.74) is 0.949. The number of carbonyl (C=O) groups is 2. The van der Waals surface area contributed by atoms with E-state index in [0.717, 1.165) is 17.7 Å². The molecule has 0 aromatic heterocycles. The fourth-order valence-electron chi connectivity index (χ4n) is 2.50. The lowest BCUT2D eigenvalue weighted by atomic mass is 10.1. The smallest absolute Gasteiger partial charge is 0.253 e. The summed E-state index contributed by atoms with van der Waals surface area (Å²) in [5.74, 6) is -4.90. The number of anilines is 1. The van der Waals surface area contributed by atoms with Gasteiger partial charge < -0.3 is 20.9 Å². The maximum absolute atomic E-state index is 13.7. The van der Waals surface area contributed by atoms with Crippen LogP contribution in [0.3, 0.4) is 0 Å². The Labute approximate surface area is 201 Å². The maximum Gasteiger partial charge on any atom is 0.253 e. The molecule has 0 bridgehead atoms. The minimum atomic E-state index is -1.65. The van der Waals surface area contributed by atoms with Gasteiger partial charge in [0, 0.05) is 26.2 Å². The second-order valence-electron chi connectivity index (χ2n) is 6.72. The van der Waals surface area contributed by atoms with Crippen LogP contribution in [0.2, 0.25) is 0 Å². The predicted octanol–water partition coefficient (Wildman–Crippen LogP) is 3.12. The Bertz CT molecular complexity index is 969. The van der Waals surface area contributed by atoms with Gasteiger partial charge in [0.1, 0.15) is 0 Å². The summed E-state index contributed by atoms with van der Waals surface area (Å²) in [5, 5.41) is 7.91. The number of aliphatic imine (C=N–C) groups is 1. The van der Waals surface area contributed by atoms with E-state index in [2.05, 4.69) is 20.9 Å². The van der Waals surface area contributed by atoms with Crippen LogP contribution in [-0.2, 0) is 11.3 Å². The lowest BCUT2D eigenvalue weighted by molar-refractivity contribution is -0.115. The Kier molecular flexibility index (Phi) is 11.0. The lowest BCUT2D eigenvalue weighted by Crippen LogP contribution is -2.41. The number of guanidine groups is 1. The highest BCUT2D eigenvalue weighted by atomic mass is 127. The molecule has 0 radical (unpaired) electrons. The molecular weight excluding hydrogens is 538 g/mol. The molecule has 11 heteroatoms. The highest BCUT2D eigenvalue weighted by molar-refractivity contribution is 14.0. The number of amides is 2. The molecule has 0 unspecified atom stereocenters. The quantitative estimate of drug-likeness (QED) is 0.209. The predicted molar refractivity (Wildman–Crippen MR) is 128 cm³/mol. The summed E-state index contributed by atoms with van der Waals surface area (Å²) in [7, 11) is 3.35. The number of nitrogens with zero attached hydrogens (tertiary/aromatic N) is 2. The van der Waals surface area contributed by atoms with Crippen LogP contribution in [0.25, 0.3) is 0 Å². The molecule has 2 aromatic carbocycles. The van der Waals surface area contributed by atoms with E-state index >= 15 is 0 Å². The third-order valence-electron chi connectivity index (χ3n) is 4.10. The first-order valence-electron chi connectivity index (χ1n) is 9.49. The molecule has 0 aliphatic rings. The van der Waals surface area contributed by atoms with Crippen LogP contribution in [0.15, 0.2) is 41.4 Å². The Hall–Kier alpha value is -2.83. The van der Waals surface area contributed by atoms with Gasteiger partial charge in [0.25, 0.3) is 5.91 Å². The van der Waals surface area contributed by atoms with E-state index in [-0.39, 0.29) is 43.0 Å². The number of hydrogen-bond donors (Lipinski definition) is 3. The van der Waals surface area contributed by atoms with Crippen LogP contribution in [-0.4, -0.2) is 49.9 Å². The van der Waals surface area contributed by atoms with Crippen LogP contribution in [0.1, 0.15) is 22.8 Å². The average molecular weight is 563 g/mol. The van der Waals surface area contributed by atoms with Crippen molar-refractivity contribution >= 4 is 47.4 Å². The van der Waals surface area contributed by atoms with Crippen molar-refractivity contribution < 1.29 is 22.8 Å². The fraction of sp³-hybridized carbons (Fsp3) is 0.286. The lowest BCUT2D eigenvalue weighted by Gasteiger charge is -2.12. The number of nitrogens with one attached hydrogen (secondary N) is 3. The number of carbonyl (C=O) groups excluding carboxylic acids is 2. The first kappa shape index (κ1) is 27.2. The molecule has 2 aromatic rings. The van der Waals surface area contributed by atoms with Gasteiger partial charge in [0.15, 0.2) is 23.4 Å². The van der Waals surface area contributed by atoms with Gasteiger partial charge in [-0.2, -0.15) is 0 Å². The van der Waals surface area contributed by atoms with Crippen molar-refractivity contribution in [1.29, 1.82) is 0 Å². The summed E-state index contributed by atoms with van der Waals surface area (Å²) in [6, 6.07) is 8.64. The van der Waals surface area contributed by atoms with Gasteiger partial charge in [0.05, 0.1) is 18.8 Å². The molecular formula is C21H25F3IN5O2. The zero-order valence-electron chi connectivity index (χ0n) is 17.8. The molecule has 7 nitrogen and oxygen atoms in total. The molecule has 2 amide bonds. The van der Waals surface area contributed by atoms with Crippen molar-refractivity contribution in [2.75, 3.05) is 32.5 Å². The Balaban J connectivity index is 0.00000512. The third-order valence-corrected chi connectivity index (χ3v) is 4.10. The van der Waals surface area contributed by atoms with Crippen molar-refractivity contribution in [3.63, 3.8) is 0 Å². The van der Waals surface area contributed by atoms with Gasteiger partial charge in [-0.15, -0.1) is 24.0 Å². The molecule has 0 aliphatic heterocycles. The maximum atomic E-state index is 13.7. The van der Waals surface area contributed by atoms with E-state index in [9.17, 15) is 22.8 Å². The first-order chi connectivity index (χ1) is 14.7. The molecule has 0 fully saturated rings. The standard InChI is InChI=1S/C21H24F3N5O2.HI/c1-4-25-21(26-11-13-5-7-14(8-6-13)20(31)29(2)3)27-12-17(30)28-16-10-9-15(22)18(23)19(16)24;/h5-10H,4,11-12H2,1-3H3,(H,28,30)(H2,25,26,27);1H. The topological polar surface area (TPSA) is 85.8 Å². The van der Waals surface area contributed by atoms with Gasteiger partial charge in [-0.3, -0.25) is 9.59 Å². The minimum Gasteiger partial charge on any atom is -0.357 e. The molecule has 32 heavy (non-hydrogen) atoms. The van der Waals surface area contributed by atoms with Gasteiger partial charge in [-0.25, -0.2) is 18.2 Å². The van der Waals surface area contributed by atoms with E-state index in [1.807, 2.05) is 6.92 Å². The Morgan fingerprint density at radius 3 is 2.22 bits per heavy atom. The average Bonchev–Trinajstić information content (AvgIpc) is 2.76. The second kappa shape index (κ2) is 12.9. The first-order valence-corrected chi connectivity index (χ1v) is 9.49. The summed E-state index contributed by atoms with van der Waals surface area (Å²) in [6.07, 6.45) is 0. The zero-order chi connectivity index (χ0) is 23.0. The van der Waals surface area contributed by atoms with Crippen LogP contribution >= 0.6 is 24.0 Å². The number of halogens is 4. The van der Waals surface area contributed by atoms with Crippen molar-refractivity contribution in [1.82, 2.24) is 15.5 Å². The van der Waals surface area contributed by atoms with Crippen LogP contribution in [0, 0.1) is 17.5 Å². The molecule has 0 atom stereocenters. The summed E-state index contributed by atoms with van der Waals surface area (Å²) < 4.78 is 39.9. The number of rotatable bonds is 7. The normalized spacial score (nSPS) is 10.8. The van der Waals surface area contributed by atoms with E-state index in [0.29, 0.717) is 18.1 Å². The summed E-state index contributed by atoms with van der Waals surface area (Å²) in [6.45, 7) is 2.38. The van der Waals surface area contributed by atoms with Crippen LogP contribution < -0.4 is 16.0 Å². The molecule has 0 heterocycles. The number of hydrogen-bond acceptors (Lipinski definition) is 3. The van der Waals surface area contributed by atoms with E-state index in [1.165, 1.54) is 4.90 Å². The van der Waals surface area contributed by atoms with Gasteiger partial charge in [-0.05, 0) is 36.8 Å².